The molecule has 0 fully saturated rings. The Morgan fingerprint density at radius 2 is 1.44 bits per heavy atom. The zero-order valence-corrected chi connectivity index (χ0v) is 37.0. The monoisotopic (exact) mass is 898 g/mol. The third kappa shape index (κ3) is 14.1. The van der Waals surface area contributed by atoms with Gasteiger partial charge < -0.3 is 44.9 Å². The Labute approximate surface area is 377 Å². The van der Waals surface area contributed by atoms with Gasteiger partial charge in [-0.2, -0.15) is 5.26 Å². The number of ether oxygens (including phenoxy) is 4. The van der Waals surface area contributed by atoms with E-state index < -0.39 is 11.9 Å². The first-order chi connectivity index (χ1) is 30.4. The fourth-order valence-corrected chi connectivity index (χ4v) is 7.51. The van der Waals surface area contributed by atoms with Gasteiger partial charge in [0.1, 0.15) is 48.9 Å². The fourth-order valence-electron chi connectivity index (χ4n) is 7.03. The highest BCUT2D eigenvalue weighted by Crippen LogP contribution is 2.37. The van der Waals surface area contributed by atoms with E-state index in [1.165, 1.54) is 6.20 Å². The van der Waals surface area contributed by atoms with Crippen LogP contribution in [0.25, 0.3) is 11.1 Å². The van der Waals surface area contributed by atoms with Crippen LogP contribution in [0.1, 0.15) is 70.2 Å². The highest BCUT2D eigenvalue weighted by Gasteiger charge is 2.18. The second-order valence-corrected chi connectivity index (χ2v) is 15.8. The molecule has 0 aliphatic rings. The highest BCUT2D eigenvalue weighted by atomic mass is 35.5. The summed E-state index contributed by atoms with van der Waals surface area (Å²) < 4.78 is 24.6. The van der Waals surface area contributed by atoms with E-state index in [-0.39, 0.29) is 45.2 Å². The molecule has 1 atom stereocenters. The molecule has 1 aromatic heterocycles. The maximum atomic E-state index is 11.2. The standard InChI is InChI=1S/C48H52Cl2N4O9/c1-30-35(28-63-46-20-45(61-27-34-15-33(21-51)23-53-24-34)37(18-42(46)50)25-52-13-6-11-47(56)57)7-4-8-39(30)40-9-5-10-43(31(40)2)62-29-38-19-44(60-3)36(17-41(38)49)26-54-22-32(12-14-55)16-48(58)59/h4-5,7-10,15,17-20,23-24,32,52,54-55H,6,11-14,16,22,25-29H2,1-3H3,(H,56,57)(H,58,59). The first-order valence-corrected chi connectivity index (χ1v) is 21.2. The Morgan fingerprint density at radius 3 is 2.17 bits per heavy atom. The molecule has 15 heteroatoms. The molecule has 5 N–H and O–H groups in total. The van der Waals surface area contributed by atoms with Crippen LogP contribution in [0.5, 0.6) is 23.0 Å². The van der Waals surface area contributed by atoms with Crippen molar-refractivity contribution in [3.63, 3.8) is 0 Å². The number of carboxylic acid groups (broad SMARTS) is 2. The Morgan fingerprint density at radius 1 is 0.762 bits per heavy atom. The first-order valence-electron chi connectivity index (χ1n) is 20.4. The number of nitrogens with one attached hydrogen (secondary N) is 2. The van der Waals surface area contributed by atoms with Gasteiger partial charge in [-0.3, -0.25) is 14.6 Å². The fraction of sp³-hybridized carbons (Fsp3) is 0.333. The second-order valence-electron chi connectivity index (χ2n) is 15.0. The SMILES string of the molecule is COc1cc(COc2cccc(-c3cccc(COc4cc(OCc5cncc(C#N)c5)c(CNCCCC(=O)O)cc4Cl)c3C)c2C)c(Cl)cc1CNCC(CCO)CC(=O)O. The van der Waals surface area contributed by atoms with Gasteiger partial charge in [-0.15, -0.1) is 0 Å². The molecule has 0 saturated carbocycles. The number of rotatable bonds is 25. The third-order valence-electron chi connectivity index (χ3n) is 10.5. The van der Waals surface area contributed by atoms with Crippen LogP contribution >= 0.6 is 23.2 Å². The number of benzene rings is 4. The quantitative estimate of drug-likeness (QED) is 0.0350. The van der Waals surface area contributed by atoms with Gasteiger partial charge in [-0.05, 0) is 104 Å². The van der Waals surface area contributed by atoms with Crippen molar-refractivity contribution in [3.8, 4) is 40.2 Å². The van der Waals surface area contributed by atoms with E-state index in [0.29, 0.717) is 83.2 Å². The van der Waals surface area contributed by atoms with Crippen LogP contribution in [-0.4, -0.2) is 59.0 Å². The van der Waals surface area contributed by atoms with Crippen LogP contribution in [0.15, 0.2) is 79.1 Å². The number of aromatic nitrogens is 1. The molecule has 0 aliphatic carbocycles. The Kier molecular flexibility index (Phi) is 18.4. The van der Waals surface area contributed by atoms with Crippen molar-refractivity contribution < 1.29 is 43.9 Å². The molecule has 63 heavy (non-hydrogen) atoms. The summed E-state index contributed by atoms with van der Waals surface area (Å²) in [4.78, 5) is 26.3. The minimum Gasteiger partial charge on any atom is -0.496 e. The summed E-state index contributed by atoms with van der Waals surface area (Å²) in [6, 6.07) is 22.9. The summed E-state index contributed by atoms with van der Waals surface area (Å²) in [5.41, 5.74) is 8.33. The predicted molar refractivity (Wildman–Crippen MR) is 240 cm³/mol. The summed E-state index contributed by atoms with van der Waals surface area (Å²) in [6.07, 6.45) is 4.00. The predicted octanol–water partition coefficient (Wildman–Crippen LogP) is 8.81. The van der Waals surface area contributed by atoms with Crippen molar-refractivity contribution in [2.45, 2.75) is 72.4 Å². The third-order valence-corrected chi connectivity index (χ3v) is 11.1. The molecule has 0 bridgehead atoms. The molecule has 13 nitrogen and oxygen atoms in total. The normalized spacial score (nSPS) is 11.4. The van der Waals surface area contributed by atoms with Crippen LogP contribution in [-0.2, 0) is 42.5 Å². The van der Waals surface area contributed by atoms with E-state index >= 15 is 0 Å². The lowest BCUT2D eigenvalue weighted by Gasteiger charge is -2.19. The topological polar surface area (TPSA) is 192 Å². The summed E-state index contributed by atoms with van der Waals surface area (Å²) in [5.74, 6) is 0.279. The van der Waals surface area contributed by atoms with E-state index in [0.717, 1.165) is 44.5 Å². The molecule has 1 unspecified atom stereocenters. The number of hydrogen-bond acceptors (Lipinski definition) is 11. The van der Waals surface area contributed by atoms with Gasteiger partial charge in [-0.1, -0.05) is 53.5 Å². The average molecular weight is 900 g/mol. The van der Waals surface area contributed by atoms with Crippen molar-refractivity contribution in [2.24, 2.45) is 5.92 Å². The number of aliphatic carboxylic acids is 2. The van der Waals surface area contributed by atoms with Gasteiger partial charge in [0.2, 0.25) is 0 Å². The number of aliphatic hydroxyl groups excluding tert-OH is 1. The molecule has 0 saturated heterocycles. The van der Waals surface area contributed by atoms with Crippen LogP contribution in [0.4, 0.5) is 0 Å². The zero-order valence-electron chi connectivity index (χ0n) is 35.5. The van der Waals surface area contributed by atoms with Gasteiger partial charge in [0.15, 0.2) is 0 Å². The van der Waals surface area contributed by atoms with Crippen LogP contribution in [0.2, 0.25) is 10.0 Å². The molecule has 5 rings (SSSR count). The van der Waals surface area contributed by atoms with Crippen LogP contribution in [0.3, 0.4) is 0 Å². The summed E-state index contributed by atoms with van der Waals surface area (Å²) in [6.45, 7) is 6.21. The molecule has 0 aliphatic heterocycles. The number of aliphatic hydroxyl groups is 1. The molecule has 0 radical (unpaired) electrons. The van der Waals surface area contributed by atoms with Crippen LogP contribution in [0, 0.1) is 31.1 Å². The Hall–Kier alpha value is -5.88. The van der Waals surface area contributed by atoms with E-state index in [4.69, 9.17) is 47.3 Å². The number of halogens is 2. The molecule has 0 amide bonds. The molecule has 1 heterocycles. The van der Waals surface area contributed by atoms with E-state index in [9.17, 15) is 25.1 Å². The molecule has 4 aromatic carbocycles. The number of methoxy groups -OCH3 is 1. The summed E-state index contributed by atoms with van der Waals surface area (Å²) in [7, 11) is 1.58. The second kappa shape index (κ2) is 24.1. The number of carboxylic acids is 2. The van der Waals surface area contributed by atoms with E-state index in [2.05, 4.69) is 27.8 Å². The maximum Gasteiger partial charge on any atom is 0.303 e. The lowest BCUT2D eigenvalue weighted by molar-refractivity contribution is -0.138. The number of nitrogens with zero attached hydrogens (tertiary/aromatic N) is 2. The lowest BCUT2D eigenvalue weighted by Crippen LogP contribution is -2.25. The van der Waals surface area contributed by atoms with Gasteiger partial charge in [0.05, 0.1) is 17.7 Å². The van der Waals surface area contributed by atoms with E-state index in [1.807, 2.05) is 56.3 Å². The van der Waals surface area contributed by atoms with Crippen molar-refractivity contribution in [2.75, 3.05) is 26.8 Å². The first kappa shape index (κ1) is 48.2. The smallest absolute Gasteiger partial charge is 0.303 e. The highest BCUT2D eigenvalue weighted by molar-refractivity contribution is 6.32. The van der Waals surface area contributed by atoms with Gasteiger partial charge in [0, 0.05) is 78.3 Å². The van der Waals surface area contributed by atoms with Crippen molar-refractivity contribution in [3.05, 3.63) is 134 Å². The number of hydrogen-bond donors (Lipinski definition) is 5. The molecule has 332 valence electrons. The maximum absolute atomic E-state index is 11.2. The van der Waals surface area contributed by atoms with Crippen molar-refractivity contribution in [1.29, 1.82) is 5.26 Å². The molecule has 5 aromatic rings. The molecular weight excluding hydrogens is 847 g/mol. The Bertz CT molecular complexity index is 2410. The van der Waals surface area contributed by atoms with Crippen LogP contribution < -0.4 is 29.6 Å². The summed E-state index contributed by atoms with van der Waals surface area (Å²) >= 11 is 13.5. The zero-order chi connectivity index (χ0) is 45.3. The molecule has 0 spiro atoms. The van der Waals surface area contributed by atoms with Gasteiger partial charge >= 0.3 is 11.9 Å². The number of pyridine rings is 1. The average Bonchev–Trinajstić information content (AvgIpc) is 3.26. The van der Waals surface area contributed by atoms with Crippen molar-refractivity contribution >= 4 is 35.1 Å². The number of nitriles is 1. The van der Waals surface area contributed by atoms with Gasteiger partial charge in [0.25, 0.3) is 0 Å². The lowest BCUT2D eigenvalue weighted by atomic mass is 9.93. The molecular formula is C48H52Cl2N4O9. The minimum absolute atomic E-state index is 0.0353. The Balaban J connectivity index is 1.28. The number of carbonyl (C=O) groups is 2. The largest absolute Gasteiger partial charge is 0.496 e. The van der Waals surface area contributed by atoms with Crippen molar-refractivity contribution in [1.82, 2.24) is 15.6 Å². The summed E-state index contributed by atoms with van der Waals surface area (Å²) in [5, 5.41) is 44.3. The minimum atomic E-state index is -0.906. The van der Waals surface area contributed by atoms with E-state index in [1.54, 1.807) is 31.5 Å². The van der Waals surface area contributed by atoms with Gasteiger partial charge in [-0.25, -0.2) is 0 Å².